The molecule has 2 aromatic carbocycles. The Bertz CT molecular complexity index is 866. The Kier molecular flexibility index (Phi) is 5.19. The molecule has 0 radical (unpaired) electrons. The van der Waals surface area contributed by atoms with E-state index in [0.717, 1.165) is 18.5 Å². The van der Waals surface area contributed by atoms with E-state index in [2.05, 4.69) is 49.7 Å². The van der Waals surface area contributed by atoms with E-state index >= 15 is 0 Å². The summed E-state index contributed by atoms with van der Waals surface area (Å²) < 4.78 is 13.0. The molecule has 26 heavy (non-hydrogen) atoms. The Hall–Kier alpha value is -2.13. The van der Waals surface area contributed by atoms with Gasteiger partial charge < -0.3 is 4.90 Å². The molecule has 0 unspecified atom stereocenters. The van der Waals surface area contributed by atoms with E-state index in [0.29, 0.717) is 10.7 Å². The number of hydrogen-bond donors (Lipinski definition) is 0. The first-order chi connectivity index (χ1) is 12.3. The zero-order chi connectivity index (χ0) is 18.9. The first-order valence-corrected chi connectivity index (χ1v) is 9.30. The number of fused-ring (bicyclic) bond motifs is 1. The topological polar surface area (TPSA) is 15.6 Å². The van der Waals surface area contributed by atoms with E-state index in [1.807, 2.05) is 6.07 Å². The maximum absolute atomic E-state index is 13.0. The van der Waals surface area contributed by atoms with Gasteiger partial charge in [-0.1, -0.05) is 24.6 Å². The molecule has 2 aromatic rings. The Balaban J connectivity index is 2.01. The Morgan fingerprint density at radius 2 is 1.88 bits per heavy atom. The highest BCUT2D eigenvalue weighted by Gasteiger charge is 2.31. The van der Waals surface area contributed by atoms with Crippen LogP contribution >= 0.6 is 11.6 Å². The molecule has 0 fully saturated rings. The Morgan fingerprint density at radius 1 is 1.19 bits per heavy atom. The second kappa shape index (κ2) is 7.24. The van der Waals surface area contributed by atoms with Gasteiger partial charge in [0.25, 0.3) is 0 Å². The highest BCUT2D eigenvalue weighted by atomic mass is 35.5. The molecule has 0 aromatic heterocycles. The number of nitrogens with zero attached hydrogens (tertiary/aromatic N) is 2. The van der Waals surface area contributed by atoms with Crippen LogP contribution in [0.3, 0.4) is 0 Å². The lowest BCUT2D eigenvalue weighted by molar-refractivity contribution is 0.550. The van der Waals surface area contributed by atoms with E-state index in [4.69, 9.17) is 11.6 Å². The molecule has 1 aliphatic heterocycles. The Labute approximate surface area is 160 Å². The first-order valence-electron chi connectivity index (χ1n) is 8.92. The molecule has 0 atom stereocenters. The van der Waals surface area contributed by atoms with Gasteiger partial charge >= 0.3 is 0 Å². The van der Waals surface area contributed by atoms with Crippen LogP contribution in [0.2, 0.25) is 5.02 Å². The highest BCUT2D eigenvalue weighted by molar-refractivity contribution is 6.33. The molecule has 136 valence electrons. The number of halogens is 2. The largest absolute Gasteiger partial charge is 0.362 e. The fraction of sp³-hybridized carbons (Fsp3) is 0.318. The molecule has 0 saturated heterocycles. The van der Waals surface area contributed by atoms with Gasteiger partial charge in [-0.3, -0.25) is 4.99 Å². The van der Waals surface area contributed by atoms with Gasteiger partial charge in [0, 0.05) is 29.6 Å². The van der Waals surface area contributed by atoms with Crippen molar-refractivity contribution < 1.29 is 4.39 Å². The predicted molar refractivity (Wildman–Crippen MR) is 110 cm³/mol. The average Bonchev–Trinajstić information content (AvgIpc) is 2.58. The van der Waals surface area contributed by atoms with Crippen LogP contribution in [0, 0.1) is 5.82 Å². The van der Waals surface area contributed by atoms with E-state index in [1.165, 1.54) is 29.0 Å². The van der Waals surface area contributed by atoms with Crippen LogP contribution in [0.5, 0.6) is 0 Å². The van der Waals surface area contributed by atoms with Crippen molar-refractivity contribution in [3.63, 3.8) is 0 Å². The molecule has 0 spiro atoms. The summed E-state index contributed by atoms with van der Waals surface area (Å²) in [6.07, 6.45) is 5.12. The van der Waals surface area contributed by atoms with Gasteiger partial charge in [0.2, 0.25) is 0 Å². The second-order valence-corrected chi connectivity index (χ2v) is 7.67. The fourth-order valence-corrected chi connectivity index (χ4v) is 3.72. The van der Waals surface area contributed by atoms with Gasteiger partial charge in [0.15, 0.2) is 0 Å². The van der Waals surface area contributed by atoms with Crippen LogP contribution in [0.25, 0.3) is 5.57 Å². The minimum absolute atomic E-state index is 0.0415. The van der Waals surface area contributed by atoms with Crippen molar-refractivity contribution in [2.24, 2.45) is 4.99 Å². The maximum atomic E-state index is 13.0. The van der Waals surface area contributed by atoms with Gasteiger partial charge in [-0.15, -0.1) is 0 Å². The van der Waals surface area contributed by atoms with Crippen molar-refractivity contribution in [1.29, 1.82) is 0 Å². The molecule has 0 N–H and O–H groups in total. The third kappa shape index (κ3) is 3.68. The molecule has 0 bridgehead atoms. The van der Waals surface area contributed by atoms with Gasteiger partial charge in [0.05, 0.1) is 16.2 Å². The molecule has 3 rings (SSSR count). The molecule has 4 heteroatoms. The molecule has 2 nitrogen and oxygen atoms in total. The summed E-state index contributed by atoms with van der Waals surface area (Å²) in [5, 5.41) is 0.668. The van der Waals surface area contributed by atoms with Crippen LogP contribution in [-0.2, 0) is 0 Å². The molecular formula is C22H24ClFN2. The minimum Gasteiger partial charge on any atom is -0.362 e. The number of allylic oxidation sites excluding steroid dienone is 1. The number of rotatable bonds is 4. The van der Waals surface area contributed by atoms with Crippen molar-refractivity contribution in [2.75, 3.05) is 11.4 Å². The summed E-state index contributed by atoms with van der Waals surface area (Å²) in [6, 6.07) is 10.2. The maximum Gasteiger partial charge on any atom is 0.123 e. The van der Waals surface area contributed by atoms with Gasteiger partial charge in [-0.05, 0) is 69.2 Å². The summed E-state index contributed by atoms with van der Waals surface area (Å²) in [5.41, 5.74) is 5.11. The second-order valence-electron chi connectivity index (χ2n) is 7.26. The summed E-state index contributed by atoms with van der Waals surface area (Å²) in [6.45, 7) is 9.76. The Morgan fingerprint density at radius 3 is 2.54 bits per heavy atom. The minimum atomic E-state index is -0.268. The molecular weight excluding hydrogens is 347 g/mol. The van der Waals surface area contributed by atoms with E-state index in [9.17, 15) is 4.39 Å². The average molecular weight is 371 g/mol. The molecule has 0 saturated carbocycles. The van der Waals surface area contributed by atoms with Crippen LogP contribution in [0.1, 0.15) is 45.2 Å². The van der Waals surface area contributed by atoms with Crippen molar-refractivity contribution in [1.82, 2.24) is 0 Å². The van der Waals surface area contributed by atoms with Crippen molar-refractivity contribution in [2.45, 2.75) is 39.7 Å². The molecule has 0 aliphatic carbocycles. The third-order valence-electron chi connectivity index (χ3n) is 4.72. The third-order valence-corrected chi connectivity index (χ3v) is 5.05. The van der Waals surface area contributed by atoms with E-state index in [-0.39, 0.29) is 11.4 Å². The van der Waals surface area contributed by atoms with Gasteiger partial charge in [0.1, 0.15) is 5.82 Å². The standard InChI is InChI=1S/C22H24ClFN2/c1-5-10-26-21-12-20(23)16(11-19(21)15(2)13-22(26,3)4)14-25-18-8-6-17(24)7-9-18/h6-9,11-14H,5,10H2,1-4H3. The number of anilines is 1. The van der Waals surface area contributed by atoms with Crippen LogP contribution in [-0.4, -0.2) is 18.3 Å². The van der Waals surface area contributed by atoms with Gasteiger partial charge in [-0.2, -0.15) is 0 Å². The number of benzene rings is 2. The SMILES string of the molecule is CCCN1c2cc(Cl)c(C=Nc3ccc(F)cc3)cc2C(C)=CC1(C)C. The van der Waals surface area contributed by atoms with Crippen molar-refractivity contribution >= 4 is 34.8 Å². The summed E-state index contributed by atoms with van der Waals surface area (Å²) in [5.74, 6) is -0.268. The lowest BCUT2D eigenvalue weighted by atomic mass is 9.88. The first kappa shape index (κ1) is 18.7. The highest BCUT2D eigenvalue weighted by Crippen LogP contribution is 2.41. The van der Waals surface area contributed by atoms with Crippen molar-refractivity contribution in [3.05, 3.63) is 64.4 Å². The zero-order valence-electron chi connectivity index (χ0n) is 15.7. The lowest BCUT2D eigenvalue weighted by Crippen LogP contribution is -2.45. The monoisotopic (exact) mass is 370 g/mol. The molecule has 1 aliphatic rings. The summed E-state index contributed by atoms with van der Waals surface area (Å²) in [4.78, 5) is 6.83. The van der Waals surface area contributed by atoms with E-state index < -0.39 is 0 Å². The number of hydrogen-bond acceptors (Lipinski definition) is 2. The van der Waals surface area contributed by atoms with Crippen LogP contribution < -0.4 is 4.90 Å². The molecule has 0 amide bonds. The molecule has 1 heterocycles. The predicted octanol–water partition coefficient (Wildman–Crippen LogP) is 6.64. The normalized spacial score (nSPS) is 15.9. The quantitative estimate of drug-likeness (QED) is 0.550. The van der Waals surface area contributed by atoms with Crippen molar-refractivity contribution in [3.8, 4) is 0 Å². The van der Waals surface area contributed by atoms with E-state index in [1.54, 1.807) is 18.3 Å². The van der Waals surface area contributed by atoms with Crippen LogP contribution in [0.4, 0.5) is 15.8 Å². The van der Waals surface area contributed by atoms with Crippen LogP contribution in [0.15, 0.2) is 47.5 Å². The van der Waals surface area contributed by atoms with Gasteiger partial charge in [-0.25, -0.2) is 4.39 Å². The summed E-state index contributed by atoms with van der Waals surface area (Å²) in [7, 11) is 0. The summed E-state index contributed by atoms with van der Waals surface area (Å²) >= 11 is 6.56. The fourth-order valence-electron chi connectivity index (χ4n) is 3.52. The number of aliphatic imine (C=N–C) groups is 1. The lowest BCUT2D eigenvalue weighted by Gasteiger charge is -2.43. The zero-order valence-corrected chi connectivity index (χ0v) is 16.4. The smallest absolute Gasteiger partial charge is 0.123 e.